The minimum Gasteiger partial charge on any atom is -0.444 e. The SMILES string of the molecule is CC(C)(C)OC(=O)NCCCNS(=O)(=O)c1ccc(N)cc1. The highest BCUT2D eigenvalue weighted by Crippen LogP contribution is 2.11. The van der Waals surface area contributed by atoms with Crippen molar-refractivity contribution in [2.75, 3.05) is 18.8 Å². The average Bonchev–Trinajstić information content (AvgIpc) is 2.36. The number of benzene rings is 1. The van der Waals surface area contributed by atoms with E-state index >= 15 is 0 Å². The van der Waals surface area contributed by atoms with Crippen LogP contribution in [0.5, 0.6) is 0 Å². The Morgan fingerprint density at radius 2 is 1.77 bits per heavy atom. The Morgan fingerprint density at radius 1 is 1.18 bits per heavy atom. The maximum atomic E-state index is 12.0. The molecule has 8 heteroatoms. The molecule has 0 aliphatic carbocycles. The van der Waals surface area contributed by atoms with E-state index in [4.69, 9.17) is 10.5 Å². The second-order valence-corrected chi connectivity index (χ2v) is 7.52. The molecule has 1 rings (SSSR count). The monoisotopic (exact) mass is 329 g/mol. The van der Waals surface area contributed by atoms with Crippen molar-refractivity contribution < 1.29 is 17.9 Å². The van der Waals surface area contributed by atoms with Crippen LogP contribution in [0.25, 0.3) is 0 Å². The number of ether oxygens (including phenoxy) is 1. The van der Waals surface area contributed by atoms with E-state index in [1.165, 1.54) is 24.3 Å². The Hall–Kier alpha value is -1.80. The van der Waals surface area contributed by atoms with Gasteiger partial charge in [0.25, 0.3) is 0 Å². The Morgan fingerprint density at radius 3 is 2.32 bits per heavy atom. The number of nitrogens with two attached hydrogens (primary N) is 1. The Kier molecular flexibility index (Phi) is 6.19. The van der Waals surface area contributed by atoms with Gasteiger partial charge in [-0.15, -0.1) is 0 Å². The van der Waals surface area contributed by atoms with Crippen LogP contribution in [0.2, 0.25) is 0 Å². The highest BCUT2D eigenvalue weighted by Gasteiger charge is 2.16. The number of hydrogen-bond acceptors (Lipinski definition) is 5. The van der Waals surface area contributed by atoms with Crippen LogP contribution < -0.4 is 15.8 Å². The molecule has 0 radical (unpaired) electrons. The van der Waals surface area contributed by atoms with Gasteiger partial charge in [0.15, 0.2) is 0 Å². The van der Waals surface area contributed by atoms with Gasteiger partial charge < -0.3 is 15.8 Å². The molecular weight excluding hydrogens is 306 g/mol. The van der Waals surface area contributed by atoms with Crippen molar-refractivity contribution in [2.24, 2.45) is 0 Å². The van der Waals surface area contributed by atoms with E-state index in [1.807, 2.05) is 0 Å². The lowest BCUT2D eigenvalue weighted by atomic mass is 10.2. The van der Waals surface area contributed by atoms with Crippen molar-refractivity contribution in [2.45, 2.75) is 37.7 Å². The minimum absolute atomic E-state index is 0.154. The fourth-order valence-corrected chi connectivity index (χ4v) is 2.60. The van der Waals surface area contributed by atoms with Gasteiger partial charge in [-0.3, -0.25) is 0 Å². The van der Waals surface area contributed by atoms with E-state index in [-0.39, 0.29) is 11.4 Å². The molecule has 4 N–H and O–H groups in total. The van der Waals surface area contributed by atoms with E-state index in [2.05, 4.69) is 10.0 Å². The summed E-state index contributed by atoms with van der Waals surface area (Å²) >= 11 is 0. The third kappa shape index (κ3) is 6.77. The molecule has 0 aliphatic heterocycles. The summed E-state index contributed by atoms with van der Waals surface area (Å²) in [5, 5.41) is 2.56. The van der Waals surface area contributed by atoms with Gasteiger partial charge in [-0.25, -0.2) is 17.9 Å². The van der Waals surface area contributed by atoms with E-state index < -0.39 is 21.7 Å². The van der Waals surface area contributed by atoms with Gasteiger partial charge in [-0.2, -0.15) is 0 Å². The molecule has 0 spiro atoms. The van der Waals surface area contributed by atoms with Crippen LogP contribution in [0.15, 0.2) is 29.2 Å². The molecule has 0 fully saturated rings. The molecule has 1 amide bonds. The topological polar surface area (TPSA) is 111 Å². The number of nitrogen functional groups attached to an aromatic ring is 1. The quantitative estimate of drug-likeness (QED) is 0.540. The summed E-state index contributed by atoms with van der Waals surface area (Å²) in [6.45, 7) is 5.84. The molecule has 0 saturated carbocycles. The maximum Gasteiger partial charge on any atom is 0.407 e. The van der Waals surface area contributed by atoms with Crippen molar-refractivity contribution >= 4 is 21.8 Å². The first-order valence-corrected chi connectivity index (χ1v) is 8.40. The summed E-state index contributed by atoms with van der Waals surface area (Å²) in [4.78, 5) is 11.5. The van der Waals surface area contributed by atoms with Crippen molar-refractivity contribution in [1.29, 1.82) is 0 Å². The second kappa shape index (κ2) is 7.46. The zero-order valence-electron chi connectivity index (χ0n) is 13.0. The normalized spacial score (nSPS) is 12.0. The molecule has 0 atom stereocenters. The molecule has 0 unspecified atom stereocenters. The number of hydrogen-bond donors (Lipinski definition) is 3. The lowest BCUT2D eigenvalue weighted by Gasteiger charge is -2.19. The number of carbonyl (C=O) groups is 1. The zero-order valence-corrected chi connectivity index (χ0v) is 13.9. The highest BCUT2D eigenvalue weighted by molar-refractivity contribution is 7.89. The zero-order chi connectivity index (χ0) is 16.8. The smallest absolute Gasteiger partial charge is 0.407 e. The molecule has 0 heterocycles. The fourth-order valence-electron chi connectivity index (χ4n) is 1.53. The first-order valence-electron chi connectivity index (χ1n) is 6.92. The molecule has 0 aromatic heterocycles. The first kappa shape index (κ1) is 18.2. The molecule has 0 bridgehead atoms. The third-order valence-corrected chi connectivity index (χ3v) is 3.98. The van der Waals surface area contributed by atoms with Gasteiger partial charge in [0.1, 0.15) is 5.60 Å². The predicted octanol–water partition coefficient (Wildman–Crippen LogP) is 1.46. The lowest BCUT2D eigenvalue weighted by molar-refractivity contribution is 0.0527. The fraction of sp³-hybridized carbons (Fsp3) is 0.500. The van der Waals surface area contributed by atoms with Crippen LogP contribution in [-0.4, -0.2) is 33.2 Å². The Bertz CT molecular complexity index is 592. The van der Waals surface area contributed by atoms with Crippen molar-refractivity contribution in [3.8, 4) is 0 Å². The number of sulfonamides is 1. The molecule has 1 aromatic carbocycles. The van der Waals surface area contributed by atoms with Crippen LogP contribution in [0.3, 0.4) is 0 Å². The van der Waals surface area contributed by atoms with Gasteiger partial charge in [-0.1, -0.05) is 0 Å². The van der Waals surface area contributed by atoms with Gasteiger partial charge in [0.2, 0.25) is 10.0 Å². The summed E-state index contributed by atoms with van der Waals surface area (Å²) < 4.78 is 31.4. The standard InChI is InChI=1S/C14H23N3O4S/c1-14(2,3)21-13(18)16-9-4-10-17-22(19,20)12-7-5-11(15)6-8-12/h5-8,17H,4,9-10,15H2,1-3H3,(H,16,18). The average molecular weight is 329 g/mol. The van der Waals surface area contributed by atoms with E-state index in [0.717, 1.165) is 0 Å². The molecule has 0 aliphatic rings. The van der Waals surface area contributed by atoms with Crippen molar-refractivity contribution in [1.82, 2.24) is 10.0 Å². The van der Waals surface area contributed by atoms with Crippen molar-refractivity contribution in [3.05, 3.63) is 24.3 Å². The Balaban J connectivity index is 2.32. The van der Waals surface area contributed by atoms with Crippen LogP contribution in [0.1, 0.15) is 27.2 Å². The number of anilines is 1. The number of carbonyl (C=O) groups excluding carboxylic acids is 1. The molecule has 22 heavy (non-hydrogen) atoms. The van der Waals surface area contributed by atoms with Crippen molar-refractivity contribution in [3.63, 3.8) is 0 Å². The van der Waals surface area contributed by atoms with Crippen LogP contribution in [-0.2, 0) is 14.8 Å². The van der Waals surface area contributed by atoms with Crippen LogP contribution >= 0.6 is 0 Å². The minimum atomic E-state index is -3.56. The molecule has 0 saturated heterocycles. The summed E-state index contributed by atoms with van der Waals surface area (Å²) in [5.74, 6) is 0. The lowest BCUT2D eigenvalue weighted by Crippen LogP contribution is -2.34. The number of nitrogens with one attached hydrogen (secondary N) is 2. The van der Waals surface area contributed by atoms with E-state index in [0.29, 0.717) is 18.7 Å². The number of rotatable bonds is 6. The van der Waals surface area contributed by atoms with Gasteiger partial charge in [-0.05, 0) is 51.5 Å². The van der Waals surface area contributed by atoms with E-state index in [1.54, 1.807) is 20.8 Å². The molecule has 124 valence electrons. The number of alkyl carbamates (subject to hydrolysis) is 1. The summed E-state index contributed by atoms with van der Waals surface area (Å²) in [7, 11) is -3.56. The van der Waals surface area contributed by atoms with Crippen LogP contribution in [0.4, 0.5) is 10.5 Å². The maximum absolute atomic E-state index is 12.0. The highest BCUT2D eigenvalue weighted by atomic mass is 32.2. The molecule has 7 nitrogen and oxygen atoms in total. The number of amides is 1. The van der Waals surface area contributed by atoms with Crippen LogP contribution in [0, 0.1) is 0 Å². The van der Waals surface area contributed by atoms with Gasteiger partial charge >= 0.3 is 6.09 Å². The first-order chi connectivity index (χ1) is 10.1. The molecule has 1 aromatic rings. The molecular formula is C14H23N3O4S. The summed E-state index contributed by atoms with van der Waals surface area (Å²) in [5.41, 5.74) is 5.46. The second-order valence-electron chi connectivity index (χ2n) is 5.75. The predicted molar refractivity (Wildman–Crippen MR) is 84.9 cm³/mol. The van der Waals surface area contributed by atoms with Gasteiger partial charge in [0, 0.05) is 18.8 Å². The third-order valence-electron chi connectivity index (χ3n) is 2.50. The largest absolute Gasteiger partial charge is 0.444 e. The Labute approximate surface area is 131 Å². The van der Waals surface area contributed by atoms with Gasteiger partial charge in [0.05, 0.1) is 4.90 Å². The summed E-state index contributed by atoms with van der Waals surface area (Å²) in [6.07, 6.45) is -0.0677. The summed E-state index contributed by atoms with van der Waals surface area (Å²) in [6, 6.07) is 5.93. The van der Waals surface area contributed by atoms with E-state index in [9.17, 15) is 13.2 Å².